The number of nitrogens with zero attached hydrogens (tertiary/aromatic N) is 1. The monoisotopic (exact) mass is 334 g/mol. The second-order valence-electron chi connectivity index (χ2n) is 6.92. The SMILES string of the molecule is c1ccc(OCCCN2CCC(c3c[nH]c4ccccc34)CC2)cc1. The Labute approximate surface area is 149 Å². The number of aromatic amines is 1. The Kier molecular flexibility index (Phi) is 5.03. The minimum Gasteiger partial charge on any atom is -0.494 e. The fraction of sp³-hybridized carbons (Fsp3) is 0.364. The van der Waals surface area contributed by atoms with Crippen LogP contribution in [0.15, 0.2) is 60.8 Å². The molecule has 2 aromatic carbocycles. The molecule has 1 aliphatic heterocycles. The quantitative estimate of drug-likeness (QED) is 0.655. The standard InChI is InChI=1S/C22H26N2O/c1-2-7-19(8-3-1)25-16-6-13-24-14-11-18(12-15-24)21-17-23-22-10-5-4-9-20(21)22/h1-5,7-10,17-18,23H,6,11-16H2. The number of fused-ring (bicyclic) bond motifs is 1. The highest BCUT2D eigenvalue weighted by Gasteiger charge is 2.22. The number of para-hydroxylation sites is 2. The number of aromatic nitrogens is 1. The van der Waals surface area contributed by atoms with Crippen molar-refractivity contribution in [3.8, 4) is 5.75 Å². The third kappa shape index (κ3) is 3.88. The van der Waals surface area contributed by atoms with Crippen LogP contribution in [0.1, 0.15) is 30.7 Å². The molecule has 0 bridgehead atoms. The van der Waals surface area contributed by atoms with Gasteiger partial charge in [-0.1, -0.05) is 36.4 Å². The molecule has 2 heterocycles. The number of benzene rings is 2. The van der Waals surface area contributed by atoms with Crippen LogP contribution in [-0.4, -0.2) is 36.1 Å². The Morgan fingerprint density at radius 1 is 0.960 bits per heavy atom. The van der Waals surface area contributed by atoms with Crippen molar-refractivity contribution in [3.05, 3.63) is 66.4 Å². The van der Waals surface area contributed by atoms with Gasteiger partial charge in [0.05, 0.1) is 6.61 Å². The van der Waals surface area contributed by atoms with Gasteiger partial charge < -0.3 is 14.6 Å². The Balaban J connectivity index is 1.23. The first-order valence-electron chi connectivity index (χ1n) is 9.36. The number of piperidine rings is 1. The third-order valence-corrected chi connectivity index (χ3v) is 5.28. The van der Waals surface area contributed by atoms with Crippen molar-refractivity contribution in [1.29, 1.82) is 0 Å². The van der Waals surface area contributed by atoms with E-state index in [4.69, 9.17) is 4.74 Å². The minimum absolute atomic E-state index is 0.688. The van der Waals surface area contributed by atoms with Gasteiger partial charge >= 0.3 is 0 Å². The van der Waals surface area contributed by atoms with Crippen molar-refractivity contribution in [3.63, 3.8) is 0 Å². The normalized spacial score (nSPS) is 16.3. The predicted molar refractivity (Wildman–Crippen MR) is 103 cm³/mol. The second-order valence-corrected chi connectivity index (χ2v) is 6.92. The topological polar surface area (TPSA) is 28.3 Å². The molecule has 1 saturated heterocycles. The molecule has 0 atom stereocenters. The number of likely N-dealkylation sites (tertiary alicyclic amines) is 1. The van der Waals surface area contributed by atoms with Crippen LogP contribution >= 0.6 is 0 Å². The molecule has 0 unspecified atom stereocenters. The van der Waals surface area contributed by atoms with E-state index in [1.54, 1.807) is 0 Å². The van der Waals surface area contributed by atoms with Gasteiger partial charge in [-0.25, -0.2) is 0 Å². The lowest BCUT2D eigenvalue weighted by Gasteiger charge is -2.31. The lowest BCUT2D eigenvalue weighted by molar-refractivity contribution is 0.193. The van der Waals surface area contributed by atoms with Gasteiger partial charge in [-0.05, 0) is 62.0 Å². The molecule has 0 radical (unpaired) electrons. The smallest absolute Gasteiger partial charge is 0.119 e. The molecular formula is C22H26N2O. The summed E-state index contributed by atoms with van der Waals surface area (Å²) in [6, 6.07) is 18.7. The maximum atomic E-state index is 5.79. The molecule has 1 fully saturated rings. The average Bonchev–Trinajstić information content (AvgIpc) is 3.11. The Morgan fingerprint density at radius 2 is 1.72 bits per heavy atom. The van der Waals surface area contributed by atoms with E-state index in [-0.39, 0.29) is 0 Å². The van der Waals surface area contributed by atoms with Crippen LogP contribution in [0, 0.1) is 0 Å². The fourth-order valence-electron chi connectivity index (χ4n) is 3.89. The Bertz CT molecular complexity index is 788. The van der Waals surface area contributed by atoms with Gasteiger partial charge in [0.2, 0.25) is 0 Å². The number of ether oxygens (including phenoxy) is 1. The summed E-state index contributed by atoms with van der Waals surface area (Å²) in [6.07, 6.45) is 5.81. The molecule has 0 amide bonds. The second kappa shape index (κ2) is 7.75. The van der Waals surface area contributed by atoms with Crippen molar-refractivity contribution in [2.24, 2.45) is 0 Å². The summed E-state index contributed by atoms with van der Waals surface area (Å²) in [7, 11) is 0. The van der Waals surface area contributed by atoms with E-state index < -0.39 is 0 Å². The van der Waals surface area contributed by atoms with E-state index in [1.165, 1.54) is 42.4 Å². The maximum Gasteiger partial charge on any atom is 0.119 e. The summed E-state index contributed by atoms with van der Waals surface area (Å²) in [5, 5.41) is 1.40. The van der Waals surface area contributed by atoms with Crippen LogP contribution in [0.2, 0.25) is 0 Å². The fourth-order valence-corrected chi connectivity index (χ4v) is 3.89. The number of rotatable bonds is 6. The zero-order valence-corrected chi connectivity index (χ0v) is 14.7. The average molecular weight is 334 g/mol. The Hall–Kier alpha value is -2.26. The molecule has 3 nitrogen and oxygen atoms in total. The highest BCUT2D eigenvalue weighted by molar-refractivity contribution is 5.83. The van der Waals surface area contributed by atoms with Gasteiger partial charge in [-0.2, -0.15) is 0 Å². The maximum absolute atomic E-state index is 5.79. The number of H-pyrrole nitrogens is 1. The number of nitrogens with one attached hydrogen (secondary N) is 1. The summed E-state index contributed by atoms with van der Waals surface area (Å²) in [5.74, 6) is 1.66. The van der Waals surface area contributed by atoms with Crippen molar-refractivity contribution >= 4 is 10.9 Å². The molecule has 25 heavy (non-hydrogen) atoms. The van der Waals surface area contributed by atoms with Gasteiger partial charge in [0.15, 0.2) is 0 Å². The third-order valence-electron chi connectivity index (χ3n) is 5.28. The van der Waals surface area contributed by atoms with Crippen LogP contribution < -0.4 is 4.74 Å². The summed E-state index contributed by atoms with van der Waals surface area (Å²) in [6.45, 7) is 4.31. The largest absolute Gasteiger partial charge is 0.494 e. The van der Waals surface area contributed by atoms with Crippen molar-refractivity contribution < 1.29 is 4.74 Å². The molecule has 1 N–H and O–H groups in total. The number of hydrogen-bond acceptors (Lipinski definition) is 2. The molecule has 3 heteroatoms. The molecular weight excluding hydrogens is 308 g/mol. The van der Waals surface area contributed by atoms with Crippen LogP contribution in [0.25, 0.3) is 10.9 Å². The van der Waals surface area contributed by atoms with Gasteiger partial charge in [-0.15, -0.1) is 0 Å². The van der Waals surface area contributed by atoms with E-state index in [0.29, 0.717) is 5.92 Å². The van der Waals surface area contributed by atoms with Crippen molar-refractivity contribution in [2.75, 3.05) is 26.2 Å². The van der Waals surface area contributed by atoms with Gasteiger partial charge in [0.1, 0.15) is 5.75 Å². The van der Waals surface area contributed by atoms with Gasteiger partial charge in [0, 0.05) is 23.6 Å². The molecule has 1 aromatic heterocycles. The molecule has 4 rings (SSSR count). The van der Waals surface area contributed by atoms with E-state index >= 15 is 0 Å². The van der Waals surface area contributed by atoms with Crippen LogP contribution in [-0.2, 0) is 0 Å². The van der Waals surface area contributed by atoms with Crippen LogP contribution in [0.5, 0.6) is 5.75 Å². The van der Waals surface area contributed by atoms with Crippen molar-refractivity contribution in [2.45, 2.75) is 25.2 Å². The summed E-state index contributed by atoms with van der Waals surface area (Å²) in [4.78, 5) is 6.01. The van der Waals surface area contributed by atoms with E-state index in [0.717, 1.165) is 25.3 Å². The molecule has 0 spiro atoms. The first-order valence-corrected chi connectivity index (χ1v) is 9.36. The molecule has 0 aliphatic carbocycles. The van der Waals surface area contributed by atoms with E-state index in [9.17, 15) is 0 Å². The van der Waals surface area contributed by atoms with Crippen LogP contribution in [0.3, 0.4) is 0 Å². The first-order chi connectivity index (χ1) is 12.4. The lowest BCUT2D eigenvalue weighted by Crippen LogP contribution is -2.34. The highest BCUT2D eigenvalue weighted by atomic mass is 16.5. The first kappa shape index (κ1) is 16.2. The molecule has 3 aromatic rings. The van der Waals surface area contributed by atoms with Crippen molar-refractivity contribution in [1.82, 2.24) is 9.88 Å². The molecule has 130 valence electrons. The number of hydrogen-bond donors (Lipinski definition) is 1. The van der Waals surface area contributed by atoms with Crippen LogP contribution in [0.4, 0.5) is 0 Å². The zero-order chi connectivity index (χ0) is 16.9. The summed E-state index contributed by atoms with van der Waals surface area (Å²) < 4.78 is 5.79. The summed E-state index contributed by atoms with van der Waals surface area (Å²) in [5.41, 5.74) is 2.76. The highest BCUT2D eigenvalue weighted by Crippen LogP contribution is 2.33. The Morgan fingerprint density at radius 3 is 2.56 bits per heavy atom. The van der Waals surface area contributed by atoms with Gasteiger partial charge in [-0.3, -0.25) is 0 Å². The predicted octanol–water partition coefficient (Wildman–Crippen LogP) is 4.82. The van der Waals surface area contributed by atoms with E-state index in [2.05, 4.69) is 40.3 Å². The molecule has 0 saturated carbocycles. The van der Waals surface area contributed by atoms with Gasteiger partial charge in [0.25, 0.3) is 0 Å². The van der Waals surface area contributed by atoms with E-state index in [1.807, 2.05) is 30.3 Å². The summed E-state index contributed by atoms with van der Waals surface area (Å²) >= 11 is 0. The molecule has 1 aliphatic rings. The zero-order valence-electron chi connectivity index (χ0n) is 14.7. The lowest BCUT2D eigenvalue weighted by atomic mass is 9.89. The minimum atomic E-state index is 0.688.